The van der Waals surface area contributed by atoms with Crippen LogP contribution in [0.1, 0.15) is 0 Å². The molecule has 0 aliphatic heterocycles. The monoisotopic (exact) mass is 652 g/mol. The Kier molecular flexibility index (Phi) is 6.52. The predicted octanol–water partition coefficient (Wildman–Crippen LogP) is 14.0. The van der Waals surface area contributed by atoms with E-state index in [1.165, 1.54) is 16.3 Å². The average molecular weight is 653 g/mol. The van der Waals surface area contributed by atoms with E-state index in [1.807, 2.05) is 54.6 Å². The van der Waals surface area contributed by atoms with Crippen LogP contribution in [-0.2, 0) is 0 Å². The van der Waals surface area contributed by atoms with Crippen molar-refractivity contribution in [2.24, 2.45) is 0 Å². The summed E-state index contributed by atoms with van der Waals surface area (Å²) in [5.74, 6) is 0. The third-order valence-corrected chi connectivity index (χ3v) is 9.90. The van der Waals surface area contributed by atoms with Gasteiger partial charge in [0.05, 0.1) is 6.57 Å². The third kappa shape index (κ3) is 4.75. The second kappa shape index (κ2) is 11.5. The Labute approximate surface area is 293 Å². The first kappa shape index (κ1) is 28.9. The number of fused-ring (bicyclic) bond motifs is 8. The van der Waals surface area contributed by atoms with Gasteiger partial charge in [-0.05, 0) is 82.2 Å². The number of anilines is 3. The summed E-state index contributed by atoms with van der Waals surface area (Å²) in [6.07, 6.45) is 0. The Balaban J connectivity index is 1.10. The molecule has 8 aromatic carbocycles. The third-order valence-electron chi connectivity index (χ3n) is 9.90. The zero-order chi connectivity index (χ0) is 33.9. The summed E-state index contributed by atoms with van der Waals surface area (Å²) in [7, 11) is 0. The highest BCUT2D eigenvalue weighted by molar-refractivity contribution is 6.22. The van der Waals surface area contributed by atoms with E-state index in [0.717, 1.165) is 77.6 Å². The minimum Gasteiger partial charge on any atom is -0.456 e. The van der Waals surface area contributed by atoms with Gasteiger partial charge in [0, 0.05) is 50.1 Å². The van der Waals surface area contributed by atoms with Crippen LogP contribution < -0.4 is 4.90 Å². The molecule has 0 aliphatic rings. The fourth-order valence-corrected chi connectivity index (χ4v) is 7.46. The summed E-state index contributed by atoms with van der Waals surface area (Å²) in [4.78, 5) is 5.81. The molecule has 0 spiro atoms. The molecule has 0 bridgehead atoms. The number of furan rings is 2. The van der Waals surface area contributed by atoms with Gasteiger partial charge in [-0.1, -0.05) is 109 Å². The van der Waals surface area contributed by atoms with E-state index in [2.05, 4.69) is 125 Å². The molecule has 0 unspecified atom stereocenters. The molecule has 0 fully saturated rings. The lowest BCUT2D eigenvalue weighted by atomic mass is 9.94. The molecule has 10 aromatic rings. The van der Waals surface area contributed by atoms with Crippen LogP contribution >= 0.6 is 0 Å². The molecule has 0 saturated carbocycles. The van der Waals surface area contributed by atoms with Gasteiger partial charge in [-0.2, -0.15) is 0 Å². The molecule has 51 heavy (non-hydrogen) atoms. The molecule has 2 heterocycles. The van der Waals surface area contributed by atoms with Gasteiger partial charge in [-0.3, -0.25) is 0 Å². The highest BCUT2D eigenvalue weighted by Crippen LogP contribution is 2.42. The van der Waals surface area contributed by atoms with Crippen molar-refractivity contribution < 1.29 is 8.83 Å². The lowest BCUT2D eigenvalue weighted by Gasteiger charge is -2.26. The van der Waals surface area contributed by atoms with Gasteiger partial charge in [-0.25, -0.2) is 4.85 Å². The fraction of sp³-hybridized carbons (Fsp3) is 0. The molecular formula is C47H28N2O2. The van der Waals surface area contributed by atoms with Crippen molar-refractivity contribution in [1.82, 2.24) is 0 Å². The van der Waals surface area contributed by atoms with Crippen LogP contribution in [0.25, 0.3) is 81.7 Å². The zero-order valence-electron chi connectivity index (χ0n) is 27.4. The number of hydrogen-bond acceptors (Lipinski definition) is 3. The van der Waals surface area contributed by atoms with E-state index in [0.29, 0.717) is 5.69 Å². The quantitative estimate of drug-likeness (QED) is 0.174. The molecular weight excluding hydrogens is 625 g/mol. The van der Waals surface area contributed by atoms with Crippen molar-refractivity contribution in [2.45, 2.75) is 0 Å². The highest BCUT2D eigenvalue weighted by atomic mass is 16.3. The van der Waals surface area contributed by atoms with Crippen LogP contribution in [0.4, 0.5) is 22.7 Å². The maximum atomic E-state index is 7.30. The van der Waals surface area contributed by atoms with Crippen molar-refractivity contribution >= 4 is 77.4 Å². The van der Waals surface area contributed by atoms with Crippen LogP contribution in [0.2, 0.25) is 0 Å². The van der Waals surface area contributed by atoms with Gasteiger partial charge in [0.2, 0.25) is 0 Å². The Hall–Kier alpha value is -7.09. The summed E-state index contributed by atoms with van der Waals surface area (Å²) in [6.45, 7) is 7.30. The number of rotatable bonds is 5. The molecule has 4 nitrogen and oxygen atoms in total. The molecule has 0 atom stereocenters. The van der Waals surface area contributed by atoms with E-state index in [9.17, 15) is 0 Å². The van der Waals surface area contributed by atoms with Crippen LogP contribution in [0.3, 0.4) is 0 Å². The molecule has 0 aliphatic carbocycles. The predicted molar refractivity (Wildman–Crippen MR) is 210 cm³/mol. The maximum absolute atomic E-state index is 7.30. The molecule has 2 aromatic heterocycles. The van der Waals surface area contributed by atoms with Crippen LogP contribution in [-0.4, -0.2) is 0 Å². The van der Waals surface area contributed by atoms with Crippen LogP contribution in [0, 0.1) is 6.57 Å². The van der Waals surface area contributed by atoms with Gasteiger partial charge < -0.3 is 13.7 Å². The number of hydrogen-bond donors (Lipinski definition) is 0. The van der Waals surface area contributed by atoms with Crippen LogP contribution in [0.5, 0.6) is 0 Å². The number of para-hydroxylation sites is 2. The molecule has 10 rings (SSSR count). The fourth-order valence-electron chi connectivity index (χ4n) is 7.46. The molecule has 238 valence electrons. The first-order chi connectivity index (χ1) is 25.2. The van der Waals surface area contributed by atoms with E-state index in [4.69, 9.17) is 15.4 Å². The first-order valence-corrected chi connectivity index (χ1v) is 16.9. The Morgan fingerprint density at radius 2 is 1.00 bits per heavy atom. The number of nitrogens with zero attached hydrogens (tertiary/aromatic N) is 2. The molecule has 0 radical (unpaired) electrons. The van der Waals surface area contributed by atoms with Crippen molar-refractivity contribution in [3.8, 4) is 22.3 Å². The van der Waals surface area contributed by atoms with Crippen LogP contribution in [0.15, 0.2) is 179 Å². The smallest absolute Gasteiger partial charge is 0.187 e. The largest absolute Gasteiger partial charge is 0.456 e. The lowest BCUT2D eigenvalue weighted by Crippen LogP contribution is -2.09. The lowest BCUT2D eigenvalue weighted by molar-refractivity contribution is 0.668. The number of benzene rings is 8. The molecule has 0 saturated heterocycles. The van der Waals surface area contributed by atoms with E-state index in [-0.39, 0.29) is 0 Å². The van der Waals surface area contributed by atoms with Gasteiger partial charge in [-0.15, -0.1) is 0 Å². The molecule has 0 N–H and O–H groups in total. The molecule has 0 amide bonds. The maximum Gasteiger partial charge on any atom is 0.187 e. The Morgan fingerprint density at radius 3 is 1.73 bits per heavy atom. The van der Waals surface area contributed by atoms with E-state index < -0.39 is 0 Å². The summed E-state index contributed by atoms with van der Waals surface area (Å²) >= 11 is 0. The van der Waals surface area contributed by atoms with Crippen molar-refractivity contribution in [3.63, 3.8) is 0 Å². The minimum atomic E-state index is 0.636. The van der Waals surface area contributed by atoms with Gasteiger partial charge in [0.25, 0.3) is 0 Å². The average Bonchev–Trinajstić information content (AvgIpc) is 3.77. The topological polar surface area (TPSA) is 33.9 Å². The van der Waals surface area contributed by atoms with Gasteiger partial charge in [0.15, 0.2) is 5.69 Å². The van der Waals surface area contributed by atoms with E-state index >= 15 is 0 Å². The summed E-state index contributed by atoms with van der Waals surface area (Å²) in [6, 6.07) is 58.8. The zero-order valence-corrected chi connectivity index (χ0v) is 27.4. The normalized spacial score (nSPS) is 11.5. The van der Waals surface area contributed by atoms with E-state index in [1.54, 1.807) is 0 Å². The minimum absolute atomic E-state index is 0.636. The first-order valence-electron chi connectivity index (χ1n) is 16.9. The highest BCUT2D eigenvalue weighted by Gasteiger charge is 2.18. The summed E-state index contributed by atoms with van der Waals surface area (Å²) in [5, 5.41) is 6.85. The summed E-state index contributed by atoms with van der Waals surface area (Å²) < 4.78 is 12.6. The Morgan fingerprint density at radius 1 is 0.412 bits per heavy atom. The van der Waals surface area contributed by atoms with Gasteiger partial charge >= 0.3 is 0 Å². The summed E-state index contributed by atoms with van der Waals surface area (Å²) in [5.41, 5.74) is 11.7. The second-order valence-corrected chi connectivity index (χ2v) is 12.8. The standard InChI is InChI=1S/C47H28N2O2/c1-48-34-20-13-30(14-21-34)31-15-22-35(23-16-31)49(37-26-27-40-39-8-2-4-11-42(39)51-45(40)29-37)36-24-17-32(18-25-36)38-10-6-7-33-19-28-44-47(46(33)38)41-9-3-5-12-43(41)50-44/h2-29H. The van der Waals surface area contributed by atoms with Crippen molar-refractivity contribution in [2.75, 3.05) is 4.90 Å². The van der Waals surface area contributed by atoms with Gasteiger partial charge in [0.1, 0.15) is 22.3 Å². The SMILES string of the molecule is [C-]#[N+]c1ccc(-c2ccc(N(c3ccc(-c4cccc5ccc6oc7ccccc7c6c45)cc3)c3ccc4c(c3)oc3ccccc34)cc2)cc1. The molecule has 4 heteroatoms. The van der Waals surface area contributed by atoms with Crippen molar-refractivity contribution in [3.05, 3.63) is 181 Å². The Bertz CT molecular complexity index is 2960. The van der Waals surface area contributed by atoms with Crippen molar-refractivity contribution in [1.29, 1.82) is 0 Å². The second-order valence-electron chi connectivity index (χ2n) is 12.8.